The molecule has 6 heteroatoms. The largest absolute Gasteiger partial charge is 0.494 e. The number of rotatable bonds is 6. The minimum atomic E-state index is -0.436. The number of nitrogens with one attached hydrogen (secondary N) is 2. The number of amides is 1. The van der Waals surface area contributed by atoms with Gasteiger partial charge in [-0.1, -0.05) is 36.4 Å². The van der Waals surface area contributed by atoms with Gasteiger partial charge in [0, 0.05) is 5.56 Å². The second-order valence-electron chi connectivity index (χ2n) is 5.56. The topological polar surface area (TPSA) is 79.9 Å². The molecule has 1 atom stereocenters. The maximum absolute atomic E-state index is 12.7. The summed E-state index contributed by atoms with van der Waals surface area (Å²) in [5.41, 5.74) is 1.44. The van der Waals surface area contributed by atoms with Gasteiger partial charge in [-0.3, -0.25) is 9.89 Å². The average Bonchev–Trinajstić information content (AvgIpc) is 3.07. The van der Waals surface area contributed by atoms with Crippen molar-refractivity contribution in [3.05, 3.63) is 77.4 Å². The monoisotopic (exact) mass is 336 g/mol. The van der Waals surface area contributed by atoms with Crippen molar-refractivity contribution in [1.29, 1.82) is 0 Å². The van der Waals surface area contributed by atoms with Crippen LogP contribution in [0.3, 0.4) is 0 Å². The molecule has 0 aliphatic rings. The highest BCUT2D eigenvalue weighted by atomic mass is 16.5. The minimum absolute atomic E-state index is 0.210. The molecule has 0 saturated heterocycles. The van der Waals surface area contributed by atoms with Crippen LogP contribution in [0.5, 0.6) is 5.75 Å². The van der Waals surface area contributed by atoms with E-state index >= 15 is 0 Å². The smallest absolute Gasteiger partial charge is 0.252 e. The van der Waals surface area contributed by atoms with Crippen LogP contribution in [0.25, 0.3) is 0 Å². The fraction of sp³-hybridized carbons (Fsp3) is 0.211. The molecule has 3 aromatic rings. The first-order chi connectivity index (χ1) is 12.2. The van der Waals surface area contributed by atoms with E-state index in [1.165, 1.54) is 0 Å². The maximum Gasteiger partial charge on any atom is 0.252 e. The molecule has 2 N–H and O–H groups in total. The van der Waals surface area contributed by atoms with Crippen molar-refractivity contribution in [3.8, 4) is 5.75 Å². The summed E-state index contributed by atoms with van der Waals surface area (Å²) in [6.45, 7) is 4.28. The fourth-order valence-corrected chi connectivity index (χ4v) is 2.54. The summed E-state index contributed by atoms with van der Waals surface area (Å²) in [7, 11) is 0. The second-order valence-corrected chi connectivity index (χ2v) is 5.56. The van der Waals surface area contributed by atoms with E-state index in [0.29, 0.717) is 29.6 Å². The Morgan fingerprint density at radius 2 is 2.00 bits per heavy atom. The number of aryl methyl sites for hydroxylation is 1. The number of ether oxygens (including phenoxy) is 1. The minimum Gasteiger partial charge on any atom is -0.494 e. The maximum atomic E-state index is 12.7. The van der Waals surface area contributed by atoms with Gasteiger partial charge < -0.3 is 10.1 Å². The summed E-state index contributed by atoms with van der Waals surface area (Å²) in [5, 5.41) is 10.0. The Hall–Kier alpha value is -3.15. The molecule has 2 aromatic carbocycles. The highest BCUT2D eigenvalue weighted by Gasteiger charge is 2.21. The lowest BCUT2D eigenvalue weighted by atomic mass is 10.1. The predicted octanol–water partition coefficient (Wildman–Crippen LogP) is 3.03. The number of aromatic nitrogens is 3. The second kappa shape index (κ2) is 7.61. The third kappa shape index (κ3) is 4.03. The van der Waals surface area contributed by atoms with Crippen LogP contribution in [-0.2, 0) is 0 Å². The Kier molecular flexibility index (Phi) is 5.09. The molecule has 1 amide bonds. The van der Waals surface area contributed by atoms with Crippen LogP contribution in [-0.4, -0.2) is 27.7 Å². The number of hydrogen-bond acceptors (Lipinski definition) is 4. The SMILES string of the molecule is CCOc1cccc(C(=O)N[C@H](c2ccccc2)c2n[nH]c(C)n2)c1. The lowest BCUT2D eigenvalue weighted by Crippen LogP contribution is -2.30. The standard InChI is InChI=1S/C19H20N4O2/c1-3-25-16-11-7-10-15(12-16)19(24)21-17(14-8-5-4-6-9-14)18-20-13(2)22-23-18/h4-12,17H,3H2,1-2H3,(H,21,24)(H,20,22,23)/t17-/m1/s1. The van der Waals surface area contributed by atoms with E-state index in [-0.39, 0.29) is 5.91 Å². The number of benzene rings is 2. The van der Waals surface area contributed by atoms with Crippen LogP contribution < -0.4 is 10.1 Å². The molecular weight excluding hydrogens is 316 g/mol. The van der Waals surface area contributed by atoms with Crippen molar-refractivity contribution in [2.24, 2.45) is 0 Å². The zero-order valence-electron chi connectivity index (χ0n) is 14.2. The van der Waals surface area contributed by atoms with Gasteiger partial charge in [0.25, 0.3) is 5.91 Å². The molecule has 0 radical (unpaired) electrons. The van der Waals surface area contributed by atoms with Gasteiger partial charge >= 0.3 is 0 Å². The quantitative estimate of drug-likeness (QED) is 0.725. The van der Waals surface area contributed by atoms with Gasteiger partial charge in [-0.2, -0.15) is 5.10 Å². The van der Waals surface area contributed by atoms with E-state index in [0.717, 1.165) is 5.56 Å². The number of aromatic amines is 1. The van der Waals surface area contributed by atoms with Gasteiger partial charge in [0.2, 0.25) is 0 Å². The first-order valence-electron chi connectivity index (χ1n) is 8.15. The molecule has 0 unspecified atom stereocenters. The van der Waals surface area contributed by atoms with Gasteiger partial charge in [0.1, 0.15) is 17.6 Å². The van der Waals surface area contributed by atoms with E-state index in [1.807, 2.05) is 50.2 Å². The van der Waals surface area contributed by atoms with Crippen molar-refractivity contribution in [2.75, 3.05) is 6.61 Å². The fourth-order valence-electron chi connectivity index (χ4n) is 2.54. The van der Waals surface area contributed by atoms with Crippen LogP contribution in [0.15, 0.2) is 54.6 Å². The molecule has 1 aromatic heterocycles. The molecule has 6 nitrogen and oxygen atoms in total. The number of H-pyrrole nitrogens is 1. The third-order valence-corrected chi connectivity index (χ3v) is 3.69. The molecule has 0 spiro atoms. The molecule has 128 valence electrons. The Bertz CT molecular complexity index is 845. The van der Waals surface area contributed by atoms with Crippen LogP contribution in [0.1, 0.15) is 40.5 Å². The molecule has 0 aliphatic heterocycles. The number of carbonyl (C=O) groups excluding carboxylic acids is 1. The molecule has 3 rings (SSSR count). The molecular formula is C19H20N4O2. The molecule has 0 aliphatic carbocycles. The van der Waals surface area contributed by atoms with Crippen molar-refractivity contribution in [2.45, 2.75) is 19.9 Å². The van der Waals surface area contributed by atoms with E-state index < -0.39 is 6.04 Å². The summed E-state index contributed by atoms with van der Waals surface area (Å²) < 4.78 is 5.46. The first-order valence-corrected chi connectivity index (χ1v) is 8.15. The van der Waals surface area contributed by atoms with Crippen LogP contribution in [0, 0.1) is 6.92 Å². The van der Waals surface area contributed by atoms with Crippen LogP contribution in [0.4, 0.5) is 0 Å². The summed E-state index contributed by atoms with van der Waals surface area (Å²) in [4.78, 5) is 17.1. The van der Waals surface area contributed by atoms with E-state index in [2.05, 4.69) is 20.5 Å². The summed E-state index contributed by atoms with van der Waals surface area (Å²) in [6, 6.07) is 16.3. The van der Waals surface area contributed by atoms with E-state index in [4.69, 9.17) is 4.74 Å². The third-order valence-electron chi connectivity index (χ3n) is 3.69. The molecule has 0 fully saturated rings. The van der Waals surface area contributed by atoms with Crippen LogP contribution >= 0.6 is 0 Å². The lowest BCUT2D eigenvalue weighted by Gasteiger charge is -2.16. The highest BCUT2D eigenvalue weighted by molar-refractivity contribution is 5.95. The Labute approximate surface area is 146 Å². The molecule has 25 heavy (non-hydrogen) atoms. The van der Waals surface area contributed by atoms with Gasteiger partial charge in [-0.25, -0.2) is 4.98 Å². The lowest BCUT2D eigenvalue weighted by molar-refractivity contribution is 0.0941. The Balaban J connectivity index is 1.87. The zero-order chi connectivity index (χ0) is 17.6. The Morgan fingerprint density at radius 1 is 1.20 bits per heavy atom. The predicted molar refractivity (Wildman–Crippen MR) is 94.5 cm³/mol. The molecule has 0 bridgehead atoms. The van der Waals surface area contributed by atoms with Gasteiger partial charge in [-0.15, -0.1) is 0 Å². The van der Waals surface area contributed by atoms with Crippen molar-refractivity contribution >= 4 is 5.91 Å². The summed E-state index contributed by atoms with van der Waals surface area (Å²) in [5.74, 6) is 1.68. The zero-order valence-corrected chi connectivity index (χ0v) is 14.2. The Morgan fingerprint density at radius 3 is 2.68 bits per heavy atom. The van der Waals surface area contributed by atoms with Crippen LogP contribution in [0.2, 0.25) is 0 Å². The van der Waals surface area contributed by atoms with Crippen molar-refractivity contribution < 1.29 is 9.53 Å². The van der Waals surface area contributed by atoms with Gasteiger partial charge in [0.05, 0.1) is 6.61 Å². The number of carbonyl (C=O) groups is 1. The van der Waals surface area contributed by atoms with E-state index in [1.54, 1.807) is 18.2 Å². The summed E-state index contributed by atoms with van der Waals surface area (Å²) in [6.07, 6.45) is 0. The van der Waals surface area contributed by atoms with Crippen molar-refractivity contribution in [3.63, 3.8) is 0 Å². The average molecular weight is 336 g/mol. The van der Waals surface area contributed by atoms with E-state index in [9.17, 15) is 4.79 Å². The highest BCUT2D eigenvalue weighted by Crippen LogP contribution is 2.20. The van der Waals surface area contributed by atoms with Gasteiger partial charge in [0.15, 0.2) is 5.82 Å². The number of hydrogen-bond donors (Lipinski definition) is 2. The normalized spacial score (nSPS) is 11.8. The summed E-state index contributed by atoms with van der Waals surface area (Å²) >= 11 is 0. The number of nitrogens with zero attached hydrogens (tertiary/aromatic N) is 2. The first kappa shape index (κ1) is 16.7. The molecule has 0 saturated carbocycles. The molecule has 1 heterocycles. The van der Waals surface area contributed by atoms with Crippen molar-refractivity contribution in [1.82, 2.24) is 20.5 Å². The van der Waals surface area contributed by atoms with Gasteiger partial charge in [-0.05, 0) is 37.6 Å².